The van der Waals surface area contributed by atoms with Gasteiger partial charge in [-0.3, -0.25) is 0 Å². The molecule has 1 heterocycles. The van der Waals surface area contributed by atoms with Gasteiger partial charge in [-0.25, -0.2) is 0 Å². The van der Waals surface area contributed by atoms with Crippen molar-refractivity contribution in [3.05, 3.63) is 0 Å². The predicted molar refractivity (Wildman–Crippen MR) is 76.3 cm³/mol. The van der Waals surface area contributed by atoms with Gasteiger partial charge in [0.1, 0.15) is 24.4 Å². The second-order valence-electron chi connectivity index (χ2n) is 5.15. The summed E-state index contributed by atoms with van der Waals surface area (Å²) < 4.78 is 21.1. The Morgan fingerprint density at radius 3 is 2.14 bits per heavy atom. The van der Waals surface area contributed by atoms with Crippen LogP contribution in [0.1, 0.15) is 19.8 Å². The maximum absolute atomic E-state index is 9.74. The second-order valence-corrected chi connectivity index (χ2v) is 5.15. The number of hydrogen-bond donors (Lipinski definition) is 4. The van der Waals surface area contributed by atoms with Crippen molar-refractivity contribution in [1.29, 1.82) is 0 Å². The highest BCUT2D eigenvalue weighted by atomic mass is 16.7. The van der Waals surface area contributed by atoms with Crippen LogP contribution in [0.4, 0.5) is 0 Å². The zero-order valence-corrected chi connectivity index (χ0v) is 13.0. The molecule has 0 bridgehead atoms. The summed E-state index contributed by atoms with van der Waals surface area (Å²) in [7, 11) is 0. The van der Waals surface area contributed by atoms with Gasteiger partial charge in [0.05, 0.1) is 33.0 Å². The van der Waals surface area contributed by atoms with Crippen LogP contribution in [-0.4, -0.2) is 90.8 Å². The van der Waals surface area contributed by atoms with Crippen molar-refractivity contribution < 1.29 is 39.4 Å². The van der Waals surface area contributed by atoms with E-state index >= 15 is 0 Å². The van der Waals surface area contributed by atoms with Gasteiger partial charge >= 0.3 is 0 Å². The Kier molecular flexibility index (Phi) is 10.1. The van der Waals surface area contributed by atoms with Crippen molar-refractivity contribution in [1.82, 2.24) is 0 Å². The van der Waals surface area contributed by atoms with Gasteiger partial charge in [0.2, 0.25) is 0 Å². The molecule has 0 aromatic heterocycles. The van der Waals surface area contributed by atoms with Gasteiger partial charge < -0.3 is 39.4 Å². The van der Waals surface area contributed by atoms with Crippen LogP contribution >= 0.6 is 0 Å². The lowest BCUT2D eigenvalue weighted by molar-refractivity contribution is -0.302. The van der Waals surface area contributed by atoms with E-state index in [9.17, 15) is 15.3 Å². The Bertz CT molecular complexity index is 276. The summed E-state index contributed by atoms with van der Waals surface area (Å²) >= 11 is 0. The molecule has 0 aromatic carbocycles. The van der Waals surface area contributed by atoms with Gasteiger partial charge in [-0.05, 0) is 6.42 Å². The van der Waals surface area contributed by atoms with E-state index < -0.39 is 37.3 Å². The lowest BCUT2D eigenvalue weighted by Crippen LogP contribution is -2.59. The summed E-state index contributed by atoms with van der Waals surface area (Å²) in [6.07, 6.45) is -4.14. The zero-order valence-electron chi connectivity index (χ0n) is 13.0. The monoisotopic (exact) mass is 324 g/mol. The summed E-state index contributed by atoms with van der Waals surface area (Å²) in [5.74, 6) is 0. The highest BCUT2D eigenvalue weighted by Crippen LogP contribution is 2.21. The lowest BCUT2D eigenvalue weighted by Gasteiger charge is -2.39. The first-order chi connectivity index (χ1) is 10.6. The molecule has 0 aromatic rings. The molecule has 0 radical (unpaired) electrons. The van der Waals surface area contributed by atoms with E-state index in [1.54, 1.807) is 0 Å². The molecule has 1 rings (SSSR count). The first-order valence-corrected chi connectivity index (χ1v) is 7.69. The van der Waals surface area contributed by atoms with Crippen LogP contribution in [-0.2, 0) is 18.9 Å². The Morgan fingerprint density at radius 1 is 0.864 bits per heavy atom. The van der Waals surface area contributed by atoms with E-state index in [-0.39, 0.29) is 13.2 Å². The van der Waals surface area contributed by atoms with E-state index in [4.69, 9.17) is 24.1 Å². The molecule has 0 saturated carbocycles. The summed E-state index contributed by atoms with van der Waals surface area (Å²) in [6.45, 7) is 3.74. The Hall–Kier alpha value is -0.320. The minimum atomic E-state index is -1.43. The molecule has 1 unspecified atom stereocenters. The molecule has 0 amide bonds. The number of aliphatic hydroxyl groups is 4. The molecule has 0 aliphatic carbocycles. The van der Waals surface area contributed by atoms with Crippen LogP contribution in [0, 0.1) is 0 Å². The van der Waals surface area contributed by atoms with Crippen LogP contribution in [0.3, 0.4) is 0 Å². The van der Waals surface area contributed by atoms with Crippen molar-refractivity contribution in [3.8, 4) is 0 Å². The van der Waals surface area contributed by atoms with Crippen molar-refractivity contribution in [3.63, 3.8) is 0 Å². The van der Waals surface area contributed by atoms with Gasteiger partial charge in [-0.2, -0.15) is 0 Å². The van der Waals surface area contributed by atoms with E-state index in [2.05, 4.69) is 6.92 Å². The maximum atomic E-state index is 9.74. The molecule has 5 atom stereocenters. The number of ether oxygens (including phenoxy) is 4. The highest BCUT2D eigenvalue weighted by molar-refractivity contribution is 4.88. The maximum Gasteiger partial charge on any atom is 0.186 e. The van der Waals surface area contributed by atoms with Crippen molar-refractivity contribution in [2.45, 2.75) is 50.5 Å². The molecule has 4 N–H and O–H groups in total. The van der Waals surface area contributed by atoms with E-state index in [0.717, 1.165) is 19.4 Å². The fraction of sp³-hybridized carbons (Fsp3) is 1.00. The van der Waals surface area contributed by atoms with E-state index in [0.29, 0.717) is 13.2 Å². The molecule has 1 saturated heterocycles. The van der Waals surface area contributed by atoms with Gasteiger partial charge in [-0.1, -0.05) is 13.3 Å². The first-order valence-electron chi connectivity index (χ1n) is 7.69. The highest BCUT2D eigenvalue weighted by Gasteiger charge is 2.43. The number of unbranched alkanes of at least 4 members (excludes halogenated alkanes) is 1. The molecule has 22 heavy (non-hydrogen) atoms. The standard InChI is InChI=1S/C14H28O8/c1-2-3-4-19-5-6-20-7-8-21-14-13(18)12(17)11(16)10(9-15)22-14/h10-18H,2-9H2,1H3/t10-,11-,12+,13-,14?/m1/s1. The van der Waals surface area contributed by atoms with Crippen LogP contribution in [0.15, 0.2) is 0 Å². The van der Waals surface area contributed by atoms with Gasteiger partial charge in [0, 0.05) is 6.61 Å². The fourth-order valence-corrected chi connectivity index (χ4v) is 2.00. The number of aliphatic hydroxyl groups excluding tert-OH is 4. The summed E-state index contributed by atoms with van der Waals surface area (Å²) in [5, 5.41) is 38.0. The summed E-state index contributed by atoms with van der Waals surface area (Å²) in [5.41, 5.74) is 0. The van der Waals surface area contributed by atoms with E-state index in [1.807, 2.05) is 0 Å². The third kappa shape index (κ3) is 6.43. The van der Waals surface area contributed by atoms with Crippen LogP contribution in [0.25, 0.3) is 0 Å². The quantitative estimate of drug-likeness (QED) is 0.344. The average molecular weight is 324 g/mol. The van der Waals surface area contributed by atoms with Crippen molar-refractivity contribution in [2.24, 2.45) is 0 Å². The second kappa shape index (κ2) is 11.3. The average Bonchev–Trinajstić information content (AvgIpc) is 2.53. The van der Waals surface area contributed by atoms with E-state index in [1.165, 1.54) is 0 Å². The molecule has 132 valence electrons. The molecule has 1 aliphatic rings. The largest absolute Gasteiger partial charge is 0.394 e. The molecular weight excluding hydrogens is 296 g/mol. The van der Waals surface area contributed by atoms with Crippen LogP contribution < -0.4 is 0 Å². The lowest BCUT2D eigenvalue weighted by atomic mass is 9.99. The molecular formula is C14H28O8. The minimum absolute atomic E-state index is 0.150. The molecule has 1 aliphatic heterocycles. The molecule has 8 heteroatoms. The smallest absolute Gasteiger partial charge is 0.186 e. The predicted octanol–water partition coefficient (Wildman–Crippen LogP) is -1.36. The molecule has 8 nitrogen and oxygen atoms in total. The third-order valence-corrected chi connectivity index (χ3v) is 3.37. The van der Waals surface area contributed by atoms with Gasteiger partial charge in [-0.15, -0.1) is 0 Å². The van der Waals surface area contributed by atoms with Crippen LogP contribution in [0.5, 0.6) is 0 Å². The summed E-state index contributed by atoms with van der Waals surface area (Å²) in [4.78, 5) is 0. The van der Waals surface area contributed by atoms with Crippen LogP contribution in [0.2, 0.25) is 0 Å². The molecule has 1 fully saturated rings. The normalized spacial score (nSPS) is 32.3. The number of rotatable bonds is 11. The zero-order chi connectivity index (χ0) is 16.4. The fourth-order valence-electron chi connectivity index (χ4n) is 2.00. The Morgan fingerprint density at radius 2 is 1.50 bits per heavy atom. The summed E-state index contributed by atoms with van der Waals surface area (Å²) in [6, 6.07) is 0. The topological polar surface area (TPSA) is 118 Å². The minimum Gasteiger partial charge on any atom is -0.394 e. The third-order valence-electron chi connectivity index (χ3n) is 3.37. The Labute approximate surface area is 130 Å². The number of hydrogen-bond acceptors (Lipinski definition) is 8. The van der Waals surface area contributed by atoms with Gasteiger partial charge in [0.25, 0.3) is 0 Å². The van der Waals surface area contributed by atoms with Crippen molar-refractivity contribution >= 4 is 0 Å². The molecule has 0 spiro atoms. The Balaban J connectivity index is 2.11. The van der Waals surface area contributed by atoms with Gasteiger partial charge in [0.15, 0.2) is 6.29 Å². The first kappa shape index (κ1) is 19.7. The SMILES string of the molecule is CCCCOCCOCCOC1O[C@H](CO)[C@@H](O)[C@H](O)[C@H]1O. The van der Waals surface area contributed by atoms with Crippen molar-refractivity contribution in [2.75, 3.05) is 39.6 Å².